The molecule has 2 aliphatic heterocycles. The molecule has 254 valence electrons. The summed E-state index contributed by atoms with van der Waals surface area (Å²) in [5, 5.41) is 3.81. The van der Waals surface area contributed by atoms with Crippen molar-refractivity contribution < 1.29 is 22.7 Å². The van der Waals surface area contributed by atoms with Gasteiger partial charge in [0.05, 0.1) is 34.5 Å². The maximum absolute atomic E-state index is 14.5. The second kappa shape index (κ2) is 14.7. The number of benzene rings is 3. The van der Waals surface area contributed by atoms with Crippen molar-refractivity contribution in [2.24, 2.45) is 0 Å². The molecule has 1 atom stereocenters. The van der Waals surface area contributed by atoms with Crippen LogP contribution >= 0.6 is 0 Å². The zero-order chi connectivity index (χ0) is 33.8. The van der Waals surface area contributed by atoms with Crippen molar-refractivity contribution in [3.63, 3.8) is 0 Å². The molecule has 4 aromatic rings. The van der Waals surface area contributed by atoms with Crippen LogP contribution in [0.5, 0.6) is 5.75 Å². The van der Waals surface area contributed by atoms with E-state index in [9.17, 15) is 18.0 Å². The van der Waals surface area contributed by atoms with E-state index in [4.69, 9.17) is 9.72 Å². The minimum atomic E-state index is -4.52. The summed E-state index contributed by atoms with van der Waals surface area (Å²) in [5.41, 5.74) is 2.48. The van der Waals surface area contributed by atoms with Gasteiger partial charge in [-0.15, -0.1) is 0 Å². The topological polar surface area (TPSA) is 57.7 Å². The van der Waals surface area contributed by atoms with E-state index in [2.05, 4.69) is 15.1 Å². The van der Waals surface area contributed by atoms with Crippen molar-refractivity contribution in [2.75, 3.05) is 26.2 Å². The van der Waals surface area contributed by atoms with Gasteiger partial charge in [0, 0.05) is 29.1 Å². The molecule has 6 rings (SSSR count). The normalized spacial score (nSPS) is 17.5. The number of hydrogen-bond donors (Lipinski definition) is 1. The van der Waals surface area contributed by atoms with Crippen LogP contribution in [-0.4, -0.2) is 59.0 Å². The van der Waals surface area contributed by atoms with Gasteiger partial charge in [-0.3, -0.25) is 9.69 Å². The summed E-state index contributed by atoms with van der Waals surface area (Å²) in [7, 11) is 0. The highest BCUT2D eigenvalue weighted by Crippen LogP contribution is 2.37. The zero-order valence-corrected chi connectivity index (χ0v) is 28.0. The van der Waals surface area contributed by atoms with Gasteiger partial charge in [0.1, 0.15) is 5.75 Å². The van der Waals surface area contributed by atoms with Crippen molar-refractivity contribution in [1.82, 2.24) is 20.1 Å². The van der Waals surface area contributed by atoms with Crippen LogP contribution in [-0.2, 0) is 12.7 Å². The monoisotopic (exact) mass is 658 g/mol. The van der Waals surface area contributed by atoms with E-state index in [-0.39, 0.29) is 18.1 Å². The predicted octanol–water partition coefficient (Wildman–Crippen LogP) is 8.65. The maximum Gasteiger partial charge on any atom is 0.416 e. The number of piperidine rings is 2. The van der Waals surface area contributed by atoms with E-state index >= 15 is 0 Å². The zero-order valence-electron chi connectivity index (χ0n) is 28.0. The molecule has 1 aromatic heterocycles. The lowest BCUT2D eigenvalue weighted by Gasteiger charge is -2.40. The molecule has 3 aromatic carbocycles. The minimum Gasteiger partial charge on any atom is -0.491 e. The summed E-state index contributed by atoms with van der Waals surface area (Å²) in [5.74, 6) is 0.302. The van der Waals surface area contributed by atoms with Gasteiger partial charge in [-0.05, 0) is 109 Å². The fourth-order valence-corrected chi connectivity index (χ4v) is 7.17. The molecular weight excluding hydrogens is 613 g/mol. The summed E-state index contributed by atoms with van der Waals surface area (Å²) in [6, 6.07) is 20.6. The van der Waals surface area contributed by atoms with Crippen LogP contribution in [0, 0.1) is 0 Å². The number of amides is 1. The number of nitrogens with one attached hydrogen (secondary N) is 1. The van der Waals surface area contributed by atoms with Gasteiger partial charge in [0.25, 0.3) is 5.91 Å². The van der Waals surface area contributed by atoms with E-state index in [1.807, 2.05) is 57.2 Å². The third-order valence-corrected chi connectivity index (χ3v) is 9.61. The second-order valence-electron chi connectivity index (χ2n) is 13.4. The summed E-state index contributed by atoms with van der Waals surface area (Å²) in [4.78, 5) is 24.5. The van der Waals surface area contributed by atoms with Gasteiger partial charge in [-0.2, -0.15) is 13.2 Å². The molecule has 0 saturated carbocycles. The van der Waals surface area contributed by atoms with E-state index < -0.39 is 11.7 Å². The van der Waals surface area contributed by atoms with Gasteiger partial charge in [0.15, 0.2) is 0 Å². The van der Waals surface area contributed by atoms with Crippen LogP contribution in [0.1, 0.15) is 86.0 Å². The lowest BCUT2D eigenvalue weighted by molar-refractivity contribution is -0.137. The van der Waals surface area contributed by atoms with Crippen LogP contribution in [0.4, 0.5) is 13.2 Å². The molecular formula is C39H45F3N4O2. The number of alkyl halides is 3. The smallest absolute Gasteiger partial charge is 0.416 e. The molecule has 6 nitrogen and oxygen atoms in total. The van der Waals surface area contributed by atoms with E-state index in [1.165, 1.54) is 25.3 Å². The number of likely N-dealkylation sites (tertiary alicyclic amines) is 2. The molecule has 48 heavy (non-hydrogen) atoms. The van der Waals surface area contributed by atoms with Crippen molar-refractivity contribution in [3.05, 3.63) is 95.1 Å². The second-order valence-corrected chi connectivity index (χ2v) is 13.4. The molecule has 0 spiro atoms. The van der Waals surface area contributed by atoms with E-state index in [0.29, 0.717) is 51.6 Å². The lowest BCUT2D eigenvalue weighted by atomic mass is 9.93. The first-order valence-electron chi connectivity index (χ1n) is 17.2. The Bertz CT molecular complexity index is 1710. The number of fused-ring (bicyclic) bond motifs is 1. The summed E-state index contributed by atoms with van der Waals surface area (Å²) in [6.07, 6.45) is 1.20. The third-order valence-electron chi connectivity index (χ3n) is 9.61. The van der Waals surface area contributed by atoms with Gasteiger partial charge in [0.2, 0.25) is 0 Å². The minimum absolute atomic E-state index is 0.0872. The highest BCUT2D eigenvalue weighted by molar-refractivity contribution is 6.09. The Morgan fingerprint density at radius 3 is 2.33 bits per heavy atom. The van der Waals surface area contributed by atoms with Crippen molar-refractivity contribution in [1.29, 1.82) is 0 Å². The quantitative estimate of drug-likeness (QED) is 0.195. The van der Waals surface area contributed by atoms with Crippen molar-refractivity contribution in [2.45, 2.75) is 83.8 Å². The number of hydrogen-bond acceptors (Lipinski definition) is 5. The van der Waals surface area contributed by atoms with Gasteiger partial charge in [-0.25, -0.2) is 4.98 Å². The van der Waals surface area contributed by atoms with Crippen molar-refractivity contribution >= 4 is 16.8 Å². The van der Waals surface area contributed by atoms with Crippen LogP contribution in [0.15, 0.2) is 72.8 Å². The molecule has 0 bridgehead atoms. The first-order valence-corrected chi connectivity index (χ1v) is 17.2. The van der Waals surface area contributed by atoms with Crippen LogP contribution in [0.2, 0.25) is 0 Å². The fourth-order valence-electron chi connectivity index (χ4n) is 7.17. The Balaban J connectivity index is 1.46. The van der Waals surface area contributed by atoms with E-state index in [0.717, 1.165) is 56.7 Å². The van der Waals surface area contributed by atoms with Gasteiger partial charge < -0.3 is 15.0 Å². The highest BCUT2D eigenvalue weighted by atomic mass is 19.4. The Kier molecular flexibility index (Phi) is 10.4. The Labute approximate surface area is 281 Å². The van der Waals surface area contributed by atoms with Crippen LogP contribution in [0.3, 0.4) is 0 Å². The van der Waals surface area contributed by atoms with Gasteiger partial charge >= 0.3 is 6.18 Å². The molecule has 2 aliphatic rings. The molecule has 0 radical (unpaired) electrons. The lowest BCUT2D eigenvalue weighted by Crippen LogP contribution is -2.46. The number of halogens is 3. The number of carbonyl (C=O) groups is 1. The Morgan fingerprint density at radius 1 is 0.917 bits per heavy atom. The number of nitrogens with zero attached hydrogens (tertiary/aromatic N) is 3. The molecule has 0 aliphatic carbocycles. The number of rotatable bonds is 9. The molecule has 2 fully saturated rings. The SMILES string of the molecule is CC(C)Oc1ccc2nc(-c3cccc(C(F)(F)F)c3)c(CN3CCC(N4CCCCC4)CC3)c(C(=O)NC(C)c3ccccc3)c2c1. The molecule has 1 amide bonds. The number of aromatic nitrogens is 1. The molecule has 1 unspecified atom stereocenters. The highest BCUT2D eigenvalue weighted by Gasteiger charge is 2.32. The Morgan fingerprint density at radius 2 is 1.65 bits per heavy atom. The first-order chi connectivity index (χ1) is 23.1. The molecule has 2 saturated heterocycles. The van der Waals surface area contributed by atoms with Gasteiger partial charge in [-0.1, -0.05) is 48.9 Å². The van der Waals surface area contributed by atoms with Crippen molar-refractivity contribution in [3.8, 4) is 17.0 Å². The number of carbonyl (C=O) groups excluding carboxylic acids is 1. The van der Waals surface area contributed by atoms with Crippen LogP contribution in [0.25, 0.3) is 22.2 Å². The van der Waals surface area contributed by atoms with Crippen LogP contribution < -0.4 is 10.1 Å². The molecule has 1 N–H and O–H groups in total. The summed E-state index contributed by atoms with van der Waals surface area (Å²) in [6.45, 7) is 10.1. The summed E-state index contributed by atoms with van der Waals surface area (Å²) >= 11 is 0. The average Bonchev–Trinajstić information content (AvgIpc) is 3.08. The molecule has 9 heteroatoms. The maximum atomic E-state index is 14.5. The Hall–Kier alpha value is -3.95. The van der Waals surface area contributed by atoms with E-state index in [1.54, 1.807) is 18.2 Å². The first kappa shape index (κ1) is 33.9. The fraction of sp³-hybridized carbons (Fsp3) is 0.436. The summed E-state index contributed by atoms with van der Waals surface area (Å²) < 4.78 is 47.9. The molecule has 3 heterocycles. The third kappa shape index (κ3) is 7.84. The predicted molar refractivity (Wildman–Crippen MR) is 184 cm³/mol. The largest absolute Gasteiger partial charge is 0.491 e. The average molecular weight is 659 g/mol. The number of ether oxygens (including phenoxy) is 1. The standard InChI is InChI=1S/C39H45F3N4O2/c1-26(2)48-32-15-16-35-33(24-32)36(38(47)43-27(3)28-11-6-4-7-12-28)34(37(44-35)29-13-10-14-30(23-29)39(40,41)42)25-45-21-17-31(18-22-45)46-19-8-5-9-20-46/h4,6-7,10-16,23-24,26-27,31H,5,8-9,17-22,25H2,1-3H3,(H,43,47). The number of pyridine rings is 1.